The Morgan fingerprint density at radius 1 is 1.50 bits per heavy atom. The van der Waals surface area contributed by atoms with Gasteiger partial charge in [0.05, 0.1) is 26.4 Å². The molecule has 1 unspecified atom stereocenters. The highest BCUT2D eigenvalue weighted by molar-refractivity contribution is 4.66. The lowest BCUT2D eigenvalue weighted by Gasteiger charge is -1.84. The van der Waals surface area contributed by atoms with Gasteiger partial charge in [-0.25, -0.2) is 0 Å². The van der Waals surface area contributed by atoms with Gasteiger partial charge < -0.3 is 19.7 Å². The van der Waals surface area contributed by atoms with Crippen molar-refractivity contribution in [3.8, 4) is 0 Å². The van der Waals surface area contributed by atoms with E-state index >= 15 is 0 Å². The van der Waals surface area contributed by atoms with Gasteiger partial charge in [-0.2, -0.15) is 0 Å². The predicted molar refractivity (Wildman–Crippen MR) is 35.8 cm³/mol. The Morgan fingerprint density at radius 2 is 2.00 bits per heavy atom. The number of aliphatic hydroxyl groups is 2. The Morgan fingerprint density at radius 3 is 2.10 bits per heavy atom. The van der Waals surface area contributed by atoms with Crippen LogP contribution in [0, 0.1) is 0 Å². The van der Waals surface area contributed by atoms with Crippen molar-refractivity contribution < 1.29 is 19.7 Å². The summed E-state index contributed by atoms with van der Waals surface area (Å²) in [6, 6.07) is 0. The van der Waals surface area contributed by atoms with Crippen LogP contribution in [0.5, 0.6) is 0 Å². The number of ether oxygens (including phenoxy) is 2. The number of methoxy groups -OCH3 is 1. The number of aliphatic hydroxyl groups excluding tert-OH is 2. The molecule has 0 radical (unpaired) electrons. The van der Waals surface area contributed by atoms with Crippen molar-refractivity contribution in [3.05, 3.63) is 0 Å². The molecule has 1 aliphatic heterocycles. The summed E-state index contributed by atoms with van der Waals surface area (Å²) in [5.41, 5.74) is 0. The Hall–Kier alpha value is -0.160. The van der Waals surface area contributed by atoms with Gasteiger partial charge in [0.2, 0.25) is 0 Å². The molecule has 1 rings (SSSR count). The highest BCUT2D eigenvalue weighted by atomic mass is 16.6. The van der Waals surface area contributed by atoms with Crippen molar-refractivity contribution in [3.63, 3.8) is 0 Å². The van der Waals surface area contributed by atoms with Crippen LogP contribution in [0.1, 0.15) is 0 Å². The van der Waals surface area contributed by atoms with E-state index in [1.807, 2.05) is 0 Å². The van der Waals surface area contributed by atoms with Gasteiger partial charge >= 0.3 is 0 Å². The van der Waals surface area contributed by atoms with Crippen LogP contribution in [0.4, 0.5) is 0 Å². The number of epoxide rings is 1. The highest BCUT2D eigenvalue weighted by Crippen LogP contribution is 2.06. The quantitative estimate of drug-likeness (QED) is 0.507. The van der Waals surface area contributed by atoms with Gasteiger partial charge in [-0.3, -0.25) is 0 Å². The smallest absolute Gasteiger partial charge is 0.104 e. The maximum atomic E-state index is 7.62. The standard InChI is InChI=1S/C4H8O2.C2H6O2/c1-5-2-4-3-6-4;3-1-2-4/h4H,2-3H2,1H3;3-4H,1-2H2. The summed E-state index contributed by atoms with van der Waals surface area (Å²) in [7, 11) is 1.68. The first-order valence-corrected chi connectivity index (χ1v) is 3.17. The van der Waals surface area contributed by atoms with Crippen molar-refractivity contribution in [2.75, 3.05) is 33.5 Å². The lowest BCUT2D eigenvalue weighted by molar-refractivity contribution is 0.171. The van der Waals surface area contributed by atoms with E-state index in [2.05, 4.69) is 0 Å². The third kappa shape index (κ3) is 7.84. The molecule has 62 valence electrons. The molecule has 1 heterocycles. The summed E-state index contributed by atoms with van der Waals surface area (Å²) in [6.07, 6.45) is 0.426. The fourth-order valence-corrected chi connectivity index (χ4v) is 0.350. The van der Waals surface area contributed by atoms with Crippen molar-refractivity contribution in [2.24, 2.45) is 0 Å². The largest absolute Gasteiger partial charge is 0.394 e. The summed E-state index contributed by atoms with van der Waals surface area (Å²) in [5.74, 6) is 0. The van der Waals surface area contributed by atoms with Gasteiger partial charge in [-0.1, -0.05) is 0 Å². The average molecular weight is 150 g/mol. The molecule has 1 aliphatic rings. The zero-order valence-corrected chi connectivity index (χ0v) is 6.12. The van der Waals surface area contributed by atoms with E-state index in [0.717, 1.165) is 13.2 Å². The minimum absolute atomic E-state index is 0.125. The van der Waals surface area contributed by atoms with Crippen LogP contribution in [0.25, 0.3) is 0 Å². The minimum atomic E-state index is -0.125. The van der Waals surface area contributed by atoms with E-state index in [1.165, 1.54) is 0 Å². The van der Waals surface area contributed by atoms with Crippen LogP contribution in [0.15, 0.2) is 0 Å². The molecular weight excluding hydrogens is 136 g/mol. The number of hydrogen-bond donors (Lipinski definition) is 2. The van der Waals surface area contributed by atoms with E-state index in [9.17, 15) is 0 Å². The van der Waals surface area contributed by atoms with Crippen molar-refractivity contribution in [1.82, 2.24) is 0 Å². The van der Waals surface area contributed by atoms with Gasteiger partial charge in [-0.05, 0) is 0 Å². The minimum Gasteiger partial charge on any atom is -0.394 e. The Bertz CT molecular complexity index is 60.8. The number of hydrogen-bond acceptors (Lipinski definition) is 4. The molecule has 0 bridgehead atoms. The normalized spacial score (nSPS) is 21.3. The average Bonchev–Trinajstić information content (AvgIpc) is 2.74. The molecule has 0 aromatic rings. The summed E-state index contributed by atoms with van der Waals surface area (Å²) in [4.78, 5) is 0. The van der Waals surface area contributed by atoms with Crippen LogP contribution < -0.4 is 0 Å². The molecule has 1 fully saturated rings. The first-order chi connectivity index (χ1) is 4.85. The third-order valence-corrected chi connectivity index (χ3v) is 0.855. The second-order valence-corrected chi connectivity index (χ2v) is 1.86. The molecule has 0 saturated carbocycles. The number of rotatable bonds is 3. The molecular formula is C6H14O4. The van der Waals surface area contributed by atoms with Gasteiger partial charge in [-0.15, -0.1) is 0 Å². The summed E-state index contributed by atoms with van der Waals surface area (Å²) in [5, 5.41) is 15.2. The molecule has 1 atom stereocenters. The zero-order valence-electron chi connectivity index (χ0n) is 6.12. The molecule has 0 aliphatic carbocycles. The summed E-state index contributed by atoms with van der Waals surface area (Å²) < 4.78 is 9.56. The topological polar surface area (TPSA) is 62.2 Å². The zero-order chi connectivity index (χ0) is 7.82. The van der Waals surface area contributed by atoms with E-state index in [4.69, 9.17) is 19.7 Å². The second-order valence-electron chi connectivity index (χ2n) is 1.86. The van der Waals surface area contributed by atoms with Gasteiger partial charge in [0.15, 0.2) is 0 Å². The highest BCUT2D eigenvalue weighted by Gasteiger charge is 2.21. The molecule has 2 N–H and O–H groups in total. The van der Waals surface area contributed by atoms with E-state index in [1.54, 1.807) is 7.11 Å². The van der Waals surface area contributed by atoms with Crippen LogP contribution in [0.3, 0.4) is 0 Å². The molecule has 0 aromatic heterocycles. The van der Waals surface area contributed by atoms with Gasteiger partial charge in [0, 0.05) is 7.11 Å². The summed E-state index contributed by atoms with van der Waals surface area (Å²) in [6.45, 7) is 1.41. The molecule has 4 nitrogen and oxygen atoms in total. The monoisotopic (exact) mass is 150 g/mol. The first-order valence-electron chi connectivity index (χ1n) is 3.17. The SMILES string of the molecule is COCC1CO1.OCCO. The molecule has 1 saturated heterocycles. The van der Waals surface area contributed by atoms with Crippen LogP contribution >= 0.6 is 0 Å². The van der Waals surface area contributed by atoms with Crippen LogP contribution in [-0.2, 0) is 9.47 Å². The van der Waals surface area contributed by atoms with Gasteiger partial charge in [0.1, 0.15) is 6.10 Å². The fraction of sp³-hybridized carbons (Fsp3) is 1.00. The lowest BCUT2D eigenvalue weighted by Crippen LogP contribution is -1.94. The van der Waals surface area contributed by atoms with E-state index < -0.39 is 0 Å². The third-order valence-electron chi connectivity index (χ3n) is 0.855. The molecule has 10 heavy (non-hydrogen) atoms. The maximum Gasteiger partial charge on any atom is 0.104 e. The second kappa shape index (κ2) is 6.95. The molecule has 0 amide bonds. The first kappa shape index (κ1) is 9.84. The summed E-state index contributed by atoms with van der Waals surface area (Å²) >= 11 is 0. The Balaban J connectivity index is 0.000000180. The van der Waals surface area contributed by atoms with E-state index in [-0.39, 0.29) is 13.2 Å². The van der Waals surface area contributed by atoms with E-state index in [0.29, 0.717) is 6.10 Å². The molecule has 0 spiro atoms. The van der Waals surface area contributed by atoms with Gasteiger partial charge in [0.25, 0.3) is 0 Å². The van der Waals surface area contributed by atoms with Crippen molar-refractivity contribution >= 4 is 0 Å². The fourth-order valence-electron chi connectivity index (χ4n) is 0.350. The van der Waals surface area contributed by atoms with Crippen molar-refractivity contribution in [2.45, 2.75) is 6.10 Å². The maximum absolute atomic E-state index is 7.62. The lowest BCUT2D eigenvalue weighted by atomic mass is 10.5. The van der Waals surface area contributed by atoms with Crippen molar-refractivity contribution in [1.29, 1.82) is 0 Å². The van der Waals surface area contributed by atoms with Crippen LogP contribution in [-0.4, -0.2) is 49.9 Å². The Kier molecular flexibility index (Phi) is 6.84. The predicted octanol–water partition coefficient (Wildman–Crippen LogP) is -0.997. The van der Waals surface area contributed by atoms with Crippen LogP contribution in [0.2, 0.25) is 0 Å². The molecule has 4 heteroatoms. The molecule has 0 aromatic carbocycles. The Labute approximate surface area is 60.4 Å².